The van der Waals surface area contributed by atoms with Crippen LogP contribution in [0.15, 0.2) is 12.7 Å². The maximum Gasteiger partial charge on any atom is 0.223 e. The Morgan fingerprint density at radius 2 is 2.20 bits per heavy atom. The molecular weight excluding hydrogens is 206 g/mol. The molecule has 3 heteroatoms. The number of thiol groups is 1. The van der Waals surface area contributed by atoms with Crippen molar-refractivity contribution in [2.45, 2.75) is 38.1 Å². The van der Waals surface area contributed by atoms with Gasteiger partial charge in [0.25, 0.3) is 0 Å². The molecule has 2 nitrogen and oxygen atoms in total. The van der Waals surface area contributed by atoms with Crippen LogP contribution in [0, 0.1) is 5.41 Å². The fourth-order valence-electron chi connectivity index (χ4n) is 1.97. The van der Waals surface area contributed by atoms with Crippen molar-refractivity contribution in [2.75, 3.05) is 12.3 Å². The minimum Gasteiger partial charge on any atom is -0.336 e. The van der Waals surface area contributed by atoms with E-state index in [1.54, 1.807) is 0 Å². The largest absolute Gasteiger partial charge is 0.336 e. The molecule has 0 radical (unpaired) electrons. The molecule has 84 valence electrons. The number of carbonyl (C=O) groups excluding carboxylic acids is 1. The molecular formula is C12H19NOS. The van der Waals surface area contributed by atoms with Crippen LogP contribution in [0.2, 0.25) is 0 Å². The molecule has 2 rings (SSSR count). The van der Waals surface area contributed by atoms with Crippen LogP contribution >= 0.6 is 12.6 Å². The van der Waals surface area contributed by atoms with E-state index in [-0.39, 0.29) is 5.41 Å². The first kappa shape index (κ1) is 11.1. The second kappa shape index (κ2) is 4.20. The molecule has 2 aliphatic carbocycles. The first-order valence-electron chi connectivity index (χ1n) is 5.72. The third-order valence-electron chi connectivity index (χ3n) is 3.45. The van der Waals surface area contributed by atoms with Crippen LogP contribution in [0.4, 0.5) is 0 Å². The molecule has 2 fully saturated rings. The number of hydrogen-bond donors (Lipinski definition) is 1. The molecule has 0 saturated heterocycles. The number of rotatable bonds is 6. The van der Waals surface area contributed by atoms with Crippen molar-refractivity contribution < 1.29 is 4.79 Å². The molecule has 0 aromatic carbocycles. The highest BCUT2D eigenvalue weighted by Gasteiger charge is 2.45. The normalized spacial score (nSPS) is 22.2. The van der Waals surface area contributed by atoms with Crippen molar-refractivity contribution in [3.05, 3.63) is 12.7 Å². The zero-order valence-corrected chi connectivity index (χ0v) is 10.0. The van der Waals surface area contributed by atoms with E-state index in [0.29, 0.717) is 24.9 Å². The van der Waals surface area contributed by atoms with Crippen LogP contribution in [0.3, 0.4) is 0 Å². The van der Waals surface area contributed by atoms with Gasteiger partial charge in [0, 0.05) is 19.0 Å². The molecule has 0 spiro atoms. The highest BCUT2D eigenvalue weighted by molar-refractivity contribution is 7.80. The van der Waals surface area contributed by atoms with Crippen LogP contribution in [-0.4, -0.2) is 29.1 Å². The van der Waals surface area contributed by atoms with Gasteiger partial charge in [-0.25, -0.2) is 0 Å². The van der Waals surface area contributed by atoms with Gasteiger partial charge in [-0.3, -0.25) is 4.79 Å². The standard InChI is InChI=1S/C12H19NOS/c1-2-7-13(10-3-4-10)11(14)8-12(9-15)5-6-12/h2,10,15H,1,3-9H2. The van der Waals surface area contributed by atoms with E-state index < -0.39 is 0 Å². The fraction of sp³-hybridized carbons (Fsp3) is 0.750. The molecule has 0 N–H and O–H groups in total. The van der Waals surface area contributed by atoms with Gasteiger partial charge in [0.2, 0.25) is 5.91 Å². The first-order chi connectivity index (χ1) is 7.21. The molecule has 2 saturated carbocycles. The Balaban J connectivity index is 1.89. The maximum atomic E-state index is 12.1. The summed E-state index contributed by atoms with van der Waals surface area (Å²) in [5.74, 6) is 1.16. The summed E-state index contributed by atoms with van der Waals surface area (Å²) in [6.45, 7) is 4.43. The average Bonchev–Trinajstić information content (AvgIpc) is 3.09. The topological polar surface area (TPSA) is 20.3 Å². The summed E-state index contributed by atoms with van der Waals surface area (Å²) in [6, 6.07) is 0.506. The van der Waals surface area contributed by atoms with E-state index in [4.69, 9.17) is 0 Å². The van der Waals surface area contributed by atoms with Gasteiger partial charge in [0.05, 0.1) is 0 Å². The number of nitrogens with zero attached hydrogens (tertiary/aromatic N) is 1. The van der Waals surface area contributed by atoms with E-state index in [1.165, 1.54) is 25.7 Å². The van der Waals surface area contributed by atoms with Crippen molar-refractivity contribution in [1.82, 2.24) is 4.90 Å². The lowest BCUT2D eigenvalue weighted by Crippen LogP contribution is -2.35. The molecule has 1 amide bonds. The van der Waals surface area contributed by atoms with Gasteiger partial charge >= 0.3 is 0 Å². The average molecular weight is 225 g/mol. The van der Waals surface area contributed by atoms with Gasteiger partial charge in [-0.15, -0.1) is 6.58 Å². The van der Waals surface area contributed by atoms with Crippen molar-refractivity contribution in [2.24, 2.45) is 5.41 Å². The molecule has 0 unspecified atom stereocenters. The predicted molar refractivity (Wildman–Crippen MR) is 65.1 cm³/mol. The summed E-state index contributed by atoms with van der Waals surface area (Å²) in [5.41, 5.74) is 0.245. The summed E-state index contributed by atoms with van der Waals surface area (Å²) >= 11 is 4.34. The highest BCUT2D eigenvalue weighted by atomic mass is 32.1. The maximum absolute atomic E-state index is 12.1. The smallest absolute Gasteiger partial charge is 0.223 e. The number of carbonyl (C=O) groups is 1. The lowest BCUT2D eigenvalue weighted by molar-refractivity contribution is -0.132. The van der Waals surface area contributed by atoms with Gasteiger partial charge in [-0.1, -0.05) is 6.08 Å². The third-order valence-corrected chi connectivity index (χ3v) is 4.12. The van der Waals surface area contributed by atoms with E-state index >= 15 is 0 Å². The lowest BCUT2D eigenvalue weighted by atomic mass is 10.0. The van der Waals surface area contributed by atoms with Gasteiger partial charge in [0.15, 0.2) is 0 Å². The monoisotopic (exact) mass is 225 g/mol. The number of hydrogen-bond acceptors (Lipinski definition) is 2. The predicted octanol–water partition coefficient (Wildman–Crippen LogP) is 2.26. The van der Waals surface area contributed by atoms with Crippen molar-refractivity contribution in [3.63, 3.8) is 0 Å². The molecule has 0 aliphatic heterocycles. The van der Waals surface area contributed by atoms with Gasteiger partial charge in [-0.05, 0) is 36.9 Å². The summed E-state index contributed by atoms with van der Waals surface area (Å²) in [7, 11) is 0. The second-order valence-corrected chi connectivity index (χ2v) is 5.22. The Morgan fingerprint density at radius 3 is 2.60 bits per heavy atom. The lowest BCUT2D eigenvalue weighted by Gasteiger charge is -2.23. The minimum absolute atomic E-state index is 0.245. The quantitative estimate of drug-likeness (QED) is 0.543. The highest BCUT2D eigenvalue weighted by Crippen LogP contribution is 2.50. The van der Waals surface area contributed by atoms with E-state index in [0.717, 1.165) is 5.75 Å². The zero-order valence-electron chi connectivity index (χ0n) is 9.11. The molecule has 0 aromatic heterocycles. The van der Waals surface area contributed by atoms with Crippen molar-refractivity contribution >= 4 is 18.5 Å². The van der Waals surface area contributed by atoms with Crippen LogP contribution in [0.5, 0.6) is 0 Å². The Kier molecular flexibility index (Phi) is 3.10. The Labute approximate surface area is 97.1 Å². The Morgan fingerprint density at radius 1 is 1.53 bits per heavy atom. The minimum atomic E-state index is 0.245. The Hall–Kier alpha value is -0.440. The molecule has 0 aromatic rings. The summed E-state index contributed by atoms with van der Waals surface area (Å²) < 4.78 is 0. The van der Waals surface area contributed by atoms with Crippen LogP contribution in [0.25, 0.3) is 0 Å². The van der Waals surface area contributed by atoms with Gasteiger partial charge in [0.1, 0.15) is 0 Å². The second-order valence-electron chi connectivity index (χ2n) is 4.90. The van der Waals surface area contributed by atoms with Crippen LogP contribution < -0.4 is 0 Å². The zero-order chi connectivity index (χ0) is 10.9. The molecule has 0 bridgehead atoms. The first-order valence-corrected chi connectivity index (χ1v) is 6.35. The molecule has 15 heavy (non-hydrogen) atoms. The van der Waals surface area contributed by atoms with E-state index in [9.17, 15) is 4.79 Å². The van der Waals surface area contributed by atoms with Gasteiger partial charge in [-0.2, -0.15) is 12.6 Å². The molecule has 2 aliphatic rings. The van der Waals surface area contributed by atoms with Crippen LogP contribution in [-0.2, 0) is 4.79 Å². The molecule has 0 atom stereocenters. The number of amides is 1. The van der Waals surface area contributed by atoms with Gasteiger partial charge < -0.3 is 4.90 Å². The van der Waals surface area contributed by atoms with Crippen molar-refractivity contribution in [1.29, 1.82) is 0 Å². The Bertz CT molecular complexity index is 269. The third kappa shape index (κ3) is 2.57. The fourth-order valence-corrected chi connectivity index (χ4v) is 2.40. The summed E-state index contributed by atoms with van der Waals surface area (Å²) in [4.78, 5) is 14.1. The van der Waals surface area contributed by atoms with E-state index in [1.807, 2.05) is 11.0 Å². The van der Waals surface area contributed by atoms with Crippen LogP contribution in [0.1, 0.15) is 32.1 Å². The summed E-state index contributed by atoms with van der Waals surface area (Å²) in [6.07, 6.45) is 7.22. The SMILES string of the molecule is C=CCN(C(=O)CC1(CS)CC1)C1CC1. The summed E-state index contributed by atoms with van der Waals surface area (Å²) in [5, 5.41) is 0. The van der Waals surface area contributed by atoms with Crippen molar-refractivity contribution in [3.8, 4) is 0 Å². The van der Waals surface area contributed by atoms with E-state index in [2.05, 4.69) is 19.2 Å². The molecule has 0 heterocycles.